The van der Waals surface area contributed by atoms with Gasteiger partial charge in [-0.2, -0.15) is 10.1 Å². The summed E-state index contributed by atoms with van der Waals surface area (Å²) in [5.41, 5.74) is 0.726. The van der Waals surface area contributed by atoms with Gasteiger partial charge in [0.2, 0.25) is 11.7 Å². The van der Waals surface area contributed by atoms with Crippen LogP contribution < -0.4 is 10.9 Å². The Bertz CT molecular complexity index is 1330. The number of hydrogen-bond donors (Lipinski definition) is 1. The highest BCUT2D eigenvalue weighted by Crippen LogP contribution is 2.24. The summed E-state index contributed by atoms with van der Waals surface area (Å²) in [5, 5.41) is 12.5. The molecule has 176 valence electrons. The van der Waals surface area contributed by atoms with E-state index in [1.807, 2.05) is 19.9 Å². The van der Waals surface area contributed by atoms with Crippen LogP contribution >= 0.6 is 0 Å². The molecule has 1 amide bonds. The fraction of sp³-hybridized carbons (Fsp3) is 0.360. The van der Waals surface area contributed by atoms with E-state index in [1.165, 1.54) is 4.68 Å². The van der Waals surface area contributed by atoms with Crippen molar-refractivity contribution in [2.24, 2.45) is 5.92 Å². The molecule has 3 aromatic heterocycles. The Morgan fingerprint density at radius 3 is 2.62 bits per heavy atom. The van der Waals surface area contributed by atoms with Crippen LogP contribution in [0.3, 0.4) is 0 Å². The van der Waals surface area contributed by atoms with E-state index in [0.717, 1.165) is 24.8 Å². The highest BCUT2D eigenvalue weighted by atomic mass is 16.5. The lowest BCUT2D eigenvalue weighted by atomic mass is 10.0. The van der Waals surface area contributed by atoms with Gasteiger partial charge in [0.05, 0.1) is 5.39 Å². The van der Waals surface area contributed by atoms with Gasteiger partial charge in [-0.1, -0.05) is 57.0 Å². The summed E-state index contributed by atoms with van der Waals surface area (Å²) in [5.74, 6) is 0.256. The maximum absolute atomic E-state index is 13.4. The molecule has 0 saturated heterocycles. The summed E-state index contributed by atoms with van der Waals surface area (Å²) in [6.45, 7) is 6.47. The number of fused-ring (bicyclic) bond motifs is 1. The Labute approximate surface area is 197 Å². The summed E-state index contributed by atoms with van der Waals surface area (Å²) in [7, 11) is 0. The molecule has 1 atom stereocenters. The first-order valence-electron chi connectivity index (χ1n) is 11.5. The van der Waals surface area contributed by atoms with E-state index in [1.54, 1.807) is 42.7 Å². The van der Waals surface area contributed by atoms with Crippen molar-refractivity contribution in [3.8, 4) is 11.4 Å². The fourth-order valence-corrected chi connectivity index (χ4v) is 3.76. The van der Waals surface area contributed by atoms with E-state index in [0.29, 0.717) is 29.0 Å². The van der Waals surface area contributed by atoms with E-state index < -0.39 is 11.9 Å². The zero-order chi connectivity index (χ0) is 24.1. The molecule has 1 N–H and O–H groups in total. The number of rotatable bonds is 9. The van der Waals surface area contributed by atoms with E-state index in [4.69, 9.17) is 4.52 Å². The predicted octanol–water partition coefficient (Wildman–Crippen LogP) is 4.16. The second kappa shape index (κ2) is 10.4. The maximum Gasteiger partial charge on any atom is 0.274 e. The number of nitrogens with one attached hydrogen (secondary N) is 1. The van der Waals surface area contributed by atoms with Crippen molar-refractivity contribution in [3.05, 3.63) is 70.7 Å². The van der Waals surface area contributed by atoms with Gasteiger partial charge in [-0.05, 0) is 30.5 Å². The molecule has 9 heteroatoms. The molecule has 0 bridgehead atoms. The third kappa shape index (κ3) is 4.88. The van der Waals surface area contributed by atoms with Crippen molar-refractivity contribution in [1.82, 2.24) is 30.2 Å². The third-order valence-electron chi connectivity index (χ3n) is 5.64. The number of aryl methyl sites for hydroxylation is 1. The first kappa shape index (κ1) is 23.3. The quantitative estimate of drug-likeness (QED) is 0.373. The smallest absolute Gasteiger partial charge is 0.274 e. The van der Waals surface area contributed by atoms with Crippen molar-refractivity contribution in [2.75, 3.05) is 0 Å². The SMILES string of the molecule is CCCCCn1nc(C(=O)NC(c2nc(-c3cccnc3)no2)C(C)C)c2ccccc2c1=O. The van der Waals surface area contributed by atoms with Gasteiger partial charge in [-0.25, -0.2) is 4.68 Å². The number of carbonyl (C=O) groups excluding carboxylic acids is 1. The van der Waals surface area contributed by atoms with E-state index in [-0.39, 0.29) is 17.2 Å². The molecule has 0 fully saturated rings. The second-order valence-corrected chi connectivity index (χ2v) is 8.52. The molecule has 1 unspecified atom stereocenters. The minimum atomic E-state index is -0.536. The van der Waals surface area contributed by atoms with Crippen LogP contribution in [0.15, 0.2) is 58.1 Å². The second-order valence-electron chi connectivity index (χ2n) is 8.52. The van der Waals surface area contributed by atoms with Gasteiger partial charge in [0.15, 0.2) is 5.69 Å². The Hall–Kier alpha value is -3.88. The van der Waals surface area contributed by atoms with E-state index in [2.05, 4.69) is 32.5 Å². The summed E-state index contributed by atoms with van der Waals surface area (Å²) >= 11 is 0. The van der Waals surface area contributed by atoms with Gasteiger partial charge < -0.3 is 9.84 Å². The summed E-state index contributed by atoms with van der Waals surface area (Å²) in [4.78, 5) is 34.9. The number of nitrogens with zero attached hydrogens (tertiary/aromatic N) is 5. The molecule has 3 heterocycles. The van der Waals surface area contributed by atoms with Crippen LogP contribution in [-0.4, -0.2) is 30.8 Å². The normalized spacial score (nSPS) is 12.2. The maximum atomic E-state index is 13.4. The molecule has 0 aliphatic rings. The van der Waals surface area contributed by atoms with Crippen molar-refractivity contribution in [2.45, 2.75) is 52.6 Å². The van der Waals surface area contributed by atoms with Crippen molar-refractivity contribution in [1.29, 1.82) is 0 Å². The molecule has 1 aromatic carbocycles. The first-order chi connectivity index (χ1) is 16.5. The highest BCUT2D eigenvalue weighted by Gasteiger charge is 2.27. The van der Waals surface area contributed by atoms with E-state index in [9.17, 15) is 9.59 Å². The zero-order valence-electron chi connectivity index (χ0n) is 19.6. The Morgan fingerprint density at radius 1 is 1.12 bits per heavy atom. The zero-order valence-corrected chi connectivity index (χ0v) is 19.6. The average Bonchev–Trinajstić information content (AvgIpc) is 3.34. The lowest BCUT2D eigenvalue weighted by Gasteiger charge is -2.19. The fourth-order valence-electron chi connectivity index (χ4n) is 3.76. The first-order valence-corrected chi connectivity index (χ1v) is 11.5. The molecule has 4 rings (SSSR count). The molecule has 0 radical (unpaired) electrons. The van der Waals surface area contributed by atoms with Gasteiger partial charge in [0.25, 0.3) is 11.5 Å². The van der Waals surface area contributed by atoms with Crippen LogP contribution in [0.1, 0.15) is 62.5 Å². The number of amides is 1. The number of aromatic nitrogens is 5. The molecular formula is C25H28N6O3. The minimum absolute atomic E-state index is 0.0344. The Balaban J connectivity index is 1.66. The van der Waals surface area contributed by atoms with Crippen LogP contribution in [0, 0.1) is 5.92 Å². The van der Waals surface area contributed by atoms with E-state index >= 15 is 0 Å². The Morgan fingerprint density at radius 2 is 1.91 bits per heavy atom. The van der Waals surface area contributed by atoms with Crippen LogP contribution in [0.2, 0.25) is 0 Å². The molecule has 9 nitrogen and oxygen atoms in total. The summed E-state index contributed by atoms with van der Waals surface area (Å²) in [6, 6.07) is 10.1. The molecule has 0 aliphatic heterocycles. The van der Waals surface area contributed by atoms with Crippen LogP contribution in [-0.2, 0) is 6.54 Å². The van der Waals surface area contributed by atoms with Crippen LogP contribution in [0.4, 0.5) is 0 Å². The number of pyridine rings is 1. The minimum Gasteiger partial charge on any atom is -0.339 e. The standard InChI is InChI=1S/C25H28N6O3/c1-4-5-8-14-31-25(33)19-12-7-6-11-18(19)21(29-31)23(32)27-20(16(2)3)24-28-22(30-34-24)17-10-9-13-26-15-17/h6-7,9-13,15-16,20H,4-5,8,14H2,1-3H3,(H,27,32). The summed E-state index contributed by atoms with van der Waals surface area (Å²) < 4.78 is 6.89. The van der Waals surface area contributed by atoms with Gasteiger partial charge in [0, 0.05) is 29.9 Å². The third-order valence-corrected chi connectivity index (χ3v) is 5.64. The molecule has 4 aromatic rings. The lowest BCUT2D eigenvalue weighted by molar-refractivity contribution is 0.0908. The molecule has 0 aliphatic carbocycles. The van der Waals surface area contributed by atoms with Crippen molar-refractivity contribution < 1.29 is 9.32 Å². The van der Waals surface area contributed by atoms with Crippen molar-refractivity contribution in [3.63, 3.8) is 0 Å². The van der Waals surface area contributed by atoms with Crippen LogP contribution in [0.5, 0.6) is 0 Å². The monoisotopic (exact) mass is 460 g/mol. The topological polar surface area (TPSA) is 116 Å². The summed E-state index contributed by atoms with van der Waals surface area (Å²) in [6.07, 6.45) is 6.14. The van der Waals surface area contributed by atoms with Crippen molar-refractivity contribution >= 4 is 16.7 Å². The number of carbonyl (C=O) groups is 1. The van der Waals surface area contributed by atoms with Gasteiger partial charge in [-0.3, -0.25) is 14.6 Å². The van der Waals surface area contributed by atoms with Crippen LogP contribution in [0.25, 0.3) is 22.2 Å². The molecular weight excluding hydrogens is 432 g/mol. The lowest BCUT2D eigenvalue weighted by Crippen LogP contribution is -2.35. The highest BCUT2D eigenvalue weighted by molar-refractivity contribution is 6.04. The largest absolute Gasteiger partial charge is 0.339 e. The number of benzene rings is 1. The van der Waals surface area contributed by atoms with Gasteiger partial charge >= 0.3 is 0 Å². The number of hydrogen-bond acceptors (Lipinski definition) is 7. The van der Waals surface area contributed by atoms with Gasteiger partial charge in [0.1, 0.15) is 6.04 Å². The number of unbranched alkanes of at least 4 members (excludes halogenated alkanes) is 2. The molecule has 34 heavy (non-hydrogen) atoms. The predicted molar refractivity (Wildman–Crippen MR) is 128 cm³/mol. The Kier molecular flexibility index (Phi) is 7.10. The van der Waals surface area contributed by atoms with Gasteiger partial charge in [-0.15, -0.1) is 0 Å². The molecule has 0 saturated carbocycles. The average molecular weight is 461 g/mol. The molecule has 0 spiro atoms.